The van der Waals surface area contributed by atoms with Crippen molar-refractivity contribution in [2.75, 3.05) is 32.7 Å². The van der Waals surface area contributed by atoms with Crippen molar-refractivity contribution in [1.82, 2.24) is 14.4 Å². The van der Waals surface area contributed by atoms with Crippen molar-refractivity contribution in [3.63, 3.8) is 0 Å². The number of piperidine rings is 1. The molecule has 6 nitrogen and oxygen atoms in total. The highest BCUT2D eigenvalue weighted by Gasteiger charge is 2.30. The molecule has 4 rings (SSSR count). The summed E-state index contributed by atoms with van der Waals surface area (Å²) in [5.41, 5.74) is 1.72. The van der Waals surface area contributed by atoms with Gasteiger partial charge < -0.3 is 14.4 Å². The zero-order valence-corrected chi connectivity index (χ0v) is 20.7. The van der Waals surface area contributed by atoms with E-state index in [-0.39, 0.29) is 29.2 Å². The summed E-state index contributed by atoms with van der Waals surface area (Å²) in [5.74, 6) is -0.158. The molecule has 1 saturated heterocycles. The fraction of sp³-hybridized carbons (Fsp3) is 0.536. The van der Waals surface area contributed by atoms with Crippen LogP contribution in [0.1, 0.15) is 83.1 Å². The Morgan fingerprint density at radius 2 is 1.66 bits per heavy atom. The molecule has 0 radical (unpaired) electrons. The van der Waals surface area contributed by atoms with Gasteiger partial charge in [0, 0.05) is 49.3 Å². The number of Topliss-reactive ketones (excluding diaryl/α,β-unsaturated/α-hetero) is 2. The molecule has 0 bridgehead atoms. The monoisotopic (exact) mass is 481 g/mol. The minimum absolute atomic E-state index is 0.00578. The smallest absolute Gasteiger partial charge is 0.271 e. The van der Waals surface area contributed by atoms with Gasteiger partial charge in [-0.1, -0.05) is 13.3 Å². The number of amides is 1. The number of ketones is 2. The summed E-state index contributed by atoms with van der Waals surface area (Å²) in [7, 11) is 0. The topological polar surface area (TPSA) is 62.6 Å². The quantitative estimate of drug-likeness (QED) is 0.360. The van der Waals surface area contributed by atoms with Crippen LogP contribution in [-0.4, -0.2) is 64.6 Å². The number of hydrogen-bond acceptors (Lipinski definition) is 4. The molecule has 35 heavy (non-hydrogen) atoms. The lowest BCUT2D eigenvalue weighted by atomic mass is 9.89. The van der Waals surface area contributed by atoms with E-state index in [1.807, 2.05) is 21.7 Å². The van der Waals surface area contributed by atoms with Crippen LogP contribution in [0.15, 0.2) is 36.5 Å². The van der Waals surface area contributed by atoms with E-state index in [0.717, 1.165) is 64.7 Å². The molecule has 3 heterocycles. The molecule has 188 valence electrons. The summed E-state index contributed by atoms with van der Waals surface area (Å²) >= 11 is 0. The minimum Gasteiger partial charge on any atom is -0.343 e. The average molecular weight is 482 g/mol. The van der Waals surface area contributed by atoms with Crippen molar-refractivity contribution in [2.24, 2.45) is 5.92 Å². The number of aromatic nitrogens is 1. The van der Waals surface area contributed by atoms with Crippen molar-refractivity contribution in [3.05, 3.63) is 59.2 Å². The number of unbranched alkanes of at least 4 members (excludes halogenated alkanes) is 2. The van der Waals surface area contributed by atoms with Gasteiger partial charge in [-0.25, -0.2) is 4.39 Å². The molecule has 0 spiro atoms. The molecule has 0 N–H and O–H groups in total. The maximum Gasteiger partial charge on any atom is 0.271 e. The largest absolute Gasteiger partial charge is 0.343 e. The molecule has 1 aromatic heterocycles. The average Bonchev–Trinajstić information content (AvgIpc) is 3.26. The second kappa shape index (κ2) is 11.8. The van der Waals surface area contributed by atoms with Crippen LogP contribution in [0.3, 0.4) is 0 Å². The van der Waals surface area contributed by atoms with E-state index in [9.17, 15) is 18.8 Å². The van der Waals surface area contributed by atoms with Crippen LogP contribution in [0.5, 0.6) is 0 Å². The molecule has 2 aliphatic rings. The summed E-state index contributed by atoms with van der Waals surface area (Å²) in [5, 5.41) is 0. The van der Waals surface area contributed by atoms with Crippen LogP contribution < -0.4 is 0 Å². The molecule has 0 saturated carbocycles. The Kier molecular flexibility index (Phi) is 8.50. The fourth-order valence-corrected chi connectivity index (χ4v) is 5.19. The van der Waals surface area contributed by atoms with Gasteiger partial charge in [-0.2, -0.15) is 0 Å². The Morgan fingerprint density at radius 3 is 2.37 bits per heavy atom. The van der Waals surface area contributed by atoms with E-state index in [0.29, 0.717) is 36.3 Å². The van der Waals surface area contributed by atoms with E-state index >= 15 is 0 Å². The zero-order chi connectivity index (χ0) is 24.8. The third-order valence-corrected chi connectivity index (χ3v) is 7.35. The van der Waals surface area contributed by atoms with Gasteiger partial charge in [0.15, 0.2) is 11.6 Å². The molecular weight excluding hydrogens is 445 g/mol. The van der Waals surface area contributed by atoms with Gasteiger partial charge >= 0.3 is 0 Å². The van der Waals surface area contributed by atoms with E-state index in [4.69, 9.17) is 0 Å². The van der Waals surface area contributed by atoms with Crippen LogP contribution in [0.2, 0.25) is 0 Å². The molecule has 2 aromatic rings. The van der Waals surface area contributed by atoms with Crippen LogP contribution in [0.4, 0.5) is 4.39 Å². The molecule has 2 aliphatic heterocycles. The first-order valence-electron chi connectivity index (χ1n) is 13.0. The number of fused-ring (bicyclic) bond motifs is 1. The Hall–Kier alpha value is -2.80. The molecule has 1 aromatic carbocycles. The van der Waals surface area contributed by atoms with E-state index in [2.05, 4.69) is 11.8 Å². The minimum atomic E-state index is -0.322. The van der Waals surface area contributed by atoms with Crippen LogP contribution in [-0.2, 0) is 6.54 Å². The Labute approximate surface area is 207 Å². The summed E-state index contributed by atoms with van der Waals surface area (Å²) < 4.78 is 15.1. The number of nitrogens with zero attached hydrogens (tertiary/aromatic N) is 3. The molecule has 1 amide bonds. The number of carbonyl (C=O) groups excluding carboxylic acids is 3. The van der Waals surface area contributed by atoms with Crippen LogP contribution >= 0.6 is 0 Å². The third-order valence-electron chi connectivity index (χ3n) is 7.35. The van der Waals surface area contributed by atoms with Crippen molar-refractivity contribution >= 4 is 17.5 Å². The number of likely N-dealkylation sites (tertiary alicyclic amines) is 1. The first-order chi connectivity index (χ1) is 17.0. The van der Waals surface area contributed by atoms with Gasteiger partial charge in [-0.05, 0) is 82.1 Å². The van der Waals surface area contributed by atoms with E-state index in [1.54, 1.807) is 12.1 Å². The highest BCUT2D eigenvalue weighted by Crippen LogP contribution is 2.24. The third kappa shape index (κ3) is 6.07. The number of rotatable bonds is 10. The van der Waals surface area contributed by atoms with E-state index < -0.39 is 0 Å². The SMILES string of the molecule is CCCCN1CCC(=O)c2ccn(CCCCN3CCC(C(=O)c4ccc(F)cc4)CC3)c2C1=O. The number of halogens is 1. The van der Waals surface area contributed by atoms with Gasteiger partial charge in [-0.15, -0.1) is 0 Å². The summed E-state index contributed by atoms with van der Waals surface area (Å²) in [4.78, 5) is 42.6. The van der Waals surface area contributed by atoms with Gasteiger partial charge in [0.2, 0.25) is 0 Å². The van der Waals surface area contributed by atoms with Gasteiger partial charge in [0.05, 0.1) is 0 Å². The summed E-state index contributed by atoms with van der Waals surface area (Å²) in [6.07, 6.45) is 7.81. The number of carbonyl (C=O) groups is 3. The van der Waals surface area contributed by atoms with Crippen LogP contribution in [0.25, 0.3) is 0 Å². The molecule has 1 fully saturated rings. The predicted molar refractivity (Wildman–Crippen MR) is 133 cm³/mol. The first-order valence-corrected chi connectivity index (χ1v) is 13.0. The first kappa shape index (κ1) is 25.3. The molecule has 0 atom stereocenters. The van der Waals surface area contributed by atoms with Gasteiger partial charge in [0.25, 0.3) is 5.91 Å². The predicted octanol–water partition coefficient (Wildman–Crippen LogP) is 4.83. The second-order valence-corrected chi connectivity index (χ2v) is 9.78. The zero-order valence-electron chi connectivity index (χ0n) is 20.7. The van der Waals surface area contributed by atoms with Crippen LogP contribution in [0, 0.1) is 11.7 Å². The Morgan fingerprint density at radius 1 is 0.943 bits per heavy atom. The Bertz CT molecular complexity index is 1040. The fourth-order valence-electron chi connectivity index (χ4n) is 5.19. The lowest BCUT2D eigenvalue weighted by Crippen LogP contribution is -2.37. The van der Waals surface area contributed by atoms with Crippen molar-refractivity contribution in [3.8, 4) is 0 Å². The lowest BCUT2D eigenvalue weighted by molar-refractivity contribution is 0.0744. The standard InChI is InChI=1S/C28H36FN3O3/c1-2-3-15-32-20-13-25(33)24-12-19-31(26(24)28(32)35)16-5-4-14-30-17-10-22(11-18-30)27(34)21-6-8-23(29)9-7-21/h6-9,12,19,22H,2-5,10-11,13-18,20H2,1H3. The highest BCUT2D eigenvalue weighted by atomic mass is 19.1. The Balaban J connectivity index is 1.24. The highest BCUT2D eigenvalue weighted by molar-refractivity contribution is 6.09. The lowest BCUT2D eigenvalue weighted by Gasteiger charge is -2.31. The van der Waals surface area contributed by atoms with Gasteiger partial charge in [0.1, 0.15) is 11.5 Å². The van der Waals surface area contributed by atoms with Crippen molar-refractivity contribution in [2.45, 2.75) is 58.4 Å². The molecular formula is C28H36FN3O3. The summed E-state index contributed by atoms with van der Waals surface area (Å²) in [6, 6.07) is 7.65. The van der Waals surface area contributed by atoms with Crippen molar-refractivity contribution < 1.29 is 18.8 Å². The molecule has 7 heteroatoms. The maximum absolute atomic E-state index is 13.2. The van der Waals surface area contributed by atoms with E-state index in [1.165, 1.54) is 12.1 Å². The number of benzene rings is 1. The maximum atomic E-state index is 13.2. The van der Waals surface area contributed by atoms with Gasteiger partial charge in [-0.3, -0.25) is 14.4 Å². The molecule has 0 unspecified atom stereocenters. The van der Waals surface area contributed by atoms with Crippen molar-refractivity contribution in [1.29, 1.82) is 0 Å². The number of hydrogen-bond donors (Lipinski definition) is 0. The normalized spacial score (nSPS) is 17.5. The summed E-state index contributed by atoms with van der Waals surface area (Å²) in [6.45, 7) is 6.75. The number of aryl methyl sites for hydroxylation is 1. The second-order valence-electron chi connectivity index (χ2n) is 9.78. The molecule has 0 aliphatic carbocycles.